The summed E-state index contributed by atoms with van der Waals surface area (Å²) in [5, 5.41) is 9.91. The number of ether oxygens (including phenoxy) is 1. The van der Waals surface area contributed by atoms with Crippen LogP contribution in [-0.4, -0.2) is 30.4 Å². The van der Waals surface area contributed by atoms with Gasteiger partial charge in [0.2, 0.25) is 0 Å². The summed E-state index contributed by atoms with van der Waals surface area (Å²) in [5.74, 6) is 0. The zero-order valence-electron chi connectivity index (χ0n) is 11.1. The Morgan fingerprint density at radius 2 is 2.17 bits per heavy atom. The first-order valence-electron chi connectivity index (χ1n) is 6.34. The minimum atomic E-state index is -0.460. The topological polar surface area (TPSA) is 32.7 Å². The van der Waals surface area contributed by atoms with Crippen LogP contribution in [0.3, 0.4) is 0 Å². The number of rotatable bonds is 2. The number of benzene rings is 1. The molecule has 1 aromatic rings. The molecule has 1 aromatic carbocycles. The van der Waals surface area contributed by atoms with Gasteiger partial charge in [-0.1, -0.05) is 22.0 Å². The highest BCUT2D eigenvalue weighted by atomic mass is 79.9. The van der Waals surface area contributed by atoms with Gasteiger partial charge in [-0.2, -0.15) is 0 Å². The van der Waals surface area contributed by atoms with E-state index in [-0.39, 0.29) is 6.10 Å². The maximum atomic E-state index is 9.91. The second kappa shape index (κ2) is 5.59. The van der Waals surface area contributed by atoms with E-state index >= 15 is 0 Å². The maximum Gasteiger partial charge on any atom is 0.0782 e. The number of aliphatic hydroxyl groups excluding tert-OH is 1. The van der Waals surface area contributed by atoms with E-state index in [9.17, 15) is 5.11 Å². The second-order valence-electron chi connectivity index (χ2n) is 5.02. The third-order valence-electron chi connectivity index (χ3n) is 3.36. The summed E-state index contributed by atoms with van der Waals surface area (Å²) in [6.45, 7) is 7.63. The Balaban J connectivity index is 2.38. The lowest BCUT2D eigenvalue weighted by Gasteiger charge is -2.40. The summed E-state index contributed by atoms with van der Waals surface area (Å²) in [4.78, 5) is 2.32. The fourth-order valence-corrected chi connectivity index (χ4v) is 2.71. The van der Waals surface area contributed by atoms with Gasteiger partial charge in [-0.15, -0.1) is 0 Å². The standard InChI is InChI=1S/C14H20BrNO2/c1-9-8-18-10(2)7-16(9)14-6-12(15)4-5-13(14)11(3)17/h4-6,9-11,17H,7-8H2,1-3H3. The van der Waals surface area contributed by atoms with Crippen molar-refractivity contribution in [2.45, 2.75) is 39.0 Å². The van der Waals surface area contributed by atoms with Gasteiger partial charge in [-0.3, -0.25) is 0 Å². The number of halogens is 1. The fraction of sp³-hybridized carbons (Fsp3) is 0.571. The molecule has 3 nitrogen and oxygen atoms in total. The summed E-state index contributed by atoms with van der Waals surface area (Å²) in [7, 11) is 0. The van der Waals surface area contributed by atoms with Gasteiger partial charge in [0.15, 0.2) is 0 Å². The zero-order chi connectivity index (χ0) is 13.3. The molecule has 3 atom stereocenters. The molecule has 1 fully saturated rings. The predicted octanol–water partition coefficient (Wildman–Crippen LogP) is 3.12. The van der Waals surface area contributed by atoms with Crippen LogP contribution in [0.5, 0.6) is 0 Å². The quantitative estimate of drug-likeness (QED) is 0.910. The van der Waals surface area contributed by atoms with Crippen molar-refractivity contribution >= 4 is 21.6 Å². The van der Waals surface area contributed by atoms with E-state index in [2.05, 4.69) is 40.7 Å². The van der Waals surface area contributed by atoms with Gasteiger partial charge in [-0.05, 0) is 32.9 Å². The first kappa shape index (κ1) is 13.8. The molecule has 0 aliphatic carbocycles. The average molecular weight is 314 g/mol. The fourth-order valence-electron chi connectivity index (χ4n) is 2.36. The molecule has 100 valence electrons. The van der Waals surface area contributed by atoms with Gasteiger partial charge in [0.1, 0.15) is 0 Å². The zero-order valence-corrected chi connectivity index (χ0v) is 12.6. The Morgan fingerprint density at radius 1 is 1.44 bits per heavy atom. The van der Waals surface area contributed by atoms with E-state index < -0.39 is 6.10 Å². The molecule has 0 saturated carbocycles. The molecule has 0 amide bonds. The lowest BCUT2D eigenvalue weighted by molar-refractivity contribution is 0.0341. The predicted molar refractivity (Wildman–Crippen MR) is 77.0 cm³/mol. The highest BCUT2D eigenvalue weighted by Crippen LogP contribution is 2.32. The highest BCUT2D eigenvalue weighted by molar-refractivity contribution is 9.10. The summed E-state index contributed by atoms with van der Waals surface area (Å²) < 4.78 is 6.69. The molecule has 0 bridgehead atoms. The first-order valence-corrected chi connectivity index (χ1v) is 7.14. The largest absolute Gasteiger partial charge is 0.389 e. The molecule has 1 heterocycles. The Bertz CT molecular complexity index is 422. The monoisotopic (exact) mass is 313 g/mol. The van der Waals surface area contributed by atoms with E-state index in [1.54, 1.807) is 6.92 Å². The molecule has 1 N–H and O–H groups in total. The normalized spacial score (nSPS) is 26.2. The van der Waals surface area contributed by atoms with Crippen molar-refractivity contribution in [3.05, 3.63) is 28.2 Å². The van der Waals surface area contributed by atoms with Crippen LogP contribution in [0.2, 0.25) is 0 Å². The minimum absolute atomic E-state index is 0.224. The van der Waals surface area contributed by atoms with Crippen molar-refractivity contribution in [1.29, 1.82) is 0 Å². The lowest BCUT2D eigenvalue weighted by atomic mass is 10.0. The maximum absolute atomic E-state index is 9.91. The Kier molecular flexibility index (Phi) is 4.30. The van der Waals surface area contributed by atoms with Crippen LogP contribution in [0.4, 0.5) is 5.69 Å². The molecular formula is C14H20BrNO2. The lowest BCUT2D eigenvalue weighted by Crippen LogP contribution is -2.47. The Morgan fingerprint density at radius 3 is 2.83 bits per heavy atom. The number of hydrogen-bond donors (Lipinski definition) is 1. The molecule has 4 heteroatoms. The number of aliphatic hydroxyl groups is 1. The van der Waals surface area contributed by atoms with Crippen LogP contribution in [0.15, 0.2) is 22.7 Å². The van der Waals surface area contributed by atoms with Crippen LogP contribution < -0.4 is 4.90 Å². The minimum Gasteiger partial charge on any atom is -0.389 e. The molecule has 3 unspecified atom stereocenters. The number of nitrogens with zero attached hydrogens (tertiary/aromatic N) is 1. The van der Waals surface area contributed by atoms with Crippen LogP contribution in [0.25, 0.3) is 0 Å². The Labute approximate surface area is 117 Å². The van der Waals surface area contributed by atoms with Gasteiger partial charge in [0.05, 0.1) is 18.8 Å². The molecule has 1 aliphatic heterocycles. The molecule has 1 aliphatic rings. The second-order valence-corrected chi connectivity index (χ2v) is 5.94. The third-order valence-corrected chi connectivity index (χ3v) is 3.85. The number of morpholine rings is 1. The summed E-state index contributed by atoms with van der Waals surface area (Å²) in [6.07, 6.45) is -0.236. The van der Waals surface area contributed by atoms with Crippen molar-refractivity contribution in [3.63, 3.8) is 0 Å². The highest BCUT2D eigenvalue weighted by Gasteiger charge is 2.26. The average Bonchev–Trinajstić information content (AvgIpc) is 2.31. The number of anilines is 1. The molecule has 1 saturated heterocycles. The molecule has 0 aromatic heterocycles. The van der Waals surface area contributed by atoms with Gasteiger partial charge < -0.3 is 14.7 Å². The molecule has 0 radical (unpaired) electrons. The van der Waals surface area contributed by atoms with E-state index in [0.29, 0.717) is 6.04 Å². The molecule has 18 heavy (non-hydrogen) atoms. The van der Waals surface area contributed by atoms with Crippen LogP contribution >= 0.6 is 15.9 Å². The summed E-state index contributed by atoms with van der Waals surface area (Å²) in [6, 6.07) is 6.36. The Hall–Kier alpha value is -0.580. The van der Waals surface area contributed by atoms with Crippen molar-refractivity contribution in [2.75, 3.05) is 18.1 Å². The van der Waals surface area contributed by atoms with Crippen LogP contribution in [0, 0.1) is 0 Å². The van der Waals surface area contributed by atoms with Crippen molar-refractivity contribution in [3.8, 4) is 0 Å². The van der Waals surface area contributed by atoms with Crippen LogP contribution in [0.1, 0.15) is 32.4 Å². The summed E-state index contributed by atoms with van der Waals surface area (Å²) >= 11 is 3.51. The number of hydrogen-bond acceptors (Lipinski definition) is 3. The van der Waals surface area contributed by atoms with Gasteiger partial charge >= 0.3 is 0 Å². The molecule has 2 rings (SSSR count). The van der Waals surface area contributed by atoms with Gasteiger partial charge in [0.25, 0.3) is 0 Å². The van der Waals surface area contributed by atoms with Gasteiger partial charge in [-0.25, -0.2) is 0 Å². The van der Waals surface area contributed by atoms with E-state index in [1.165, 1.54) is 0 Å². The van der Waals surface area contributed by atoms with Crippen molar-refractivity contribution < 1.29 is 9.84 Å². The van der Waals surface area contributed by atoms with E-state index in [4.69, 9.17) is 4.74 Å². The smallest absolute Gasteiger partial charge is 0.0782 e. The van der Waals surface area contributed by atoms with E-state index in [1.807, 2.05) is 12.1 Å². The van der Waals surface area contributed by atoms with Crippen LogP contribution in [-0.2, 0) is 4.74 Å². The SMILES string of the molecule is CC1CN(c2cc(Br)ccc2C(C)O)C(C)CO1. The third kappa shape index (κ3) is 2.87. The molecular weight excluding hydrogens is 294 g/mol. The first-order chi connectivity index (χ1) is 8.49. The van der Waals surface area contributed by atoms with Crippen molar-refractivity contribution in [1.82, 2.24) is 0 Å². The van der Waals surface area contributed by atoms with E-state index in [0.717, 1.165) is 28.9 Å². The van der Waals surface area contributed by atoms with Gasteiger partial charge in [0, 0.05) is 28.3 Å². The van der Waals surface area contributed by atoms with Crippen molar-refractivity contribution in [2.24, 2.45) is 0 Å². The molecule has 0 spiro atoms. The summed E-state index contributed by atoms with van der Waals surface area (Å²) in [5.41, 5.74) is 2.07.